The van der Waals surface area contributed by atoms with Crippen LogP contribution >= 0.6 is 0 Å². The van der Waals surface area contributed by atoms with E-state index in [2.05, 4.69) is 23.2 Å². The van der Waals surface area contributed by atoms with Crippen molar-refractivity contribution >= 4 is 0 Å². The zero-order valence-electron chi connectivity index (χ0n) is 26.0. The quantitative estimate of drug-likeness (QED) is 0.159. The first kappa shape index (κ1) is 36.3. The van der Waals surface area contributed by atoms with Gasteiger partial charge in [0.2, 0.25) is 0 Å². The van der Waals surface area contributed by atoms with E-state index in [1.165, 1.54) is 0 Å². The van der Waals surface area contributed by atoms with Crippen molar-refractivity contribution in [3.63, 3.8) is 0 Å². The largest absolute Gasteiger partial charge is 1.00 e. The number of aromatic nitrogens is 2. The second-order valence-electron chi connectivity index (χ2n) is 12.3. The van der Waals surface area contributed by atoms with Gasteiger partial charge in [-0.2, -0.15) is 26.7 Å². The molecular formula is C32H39Ag2N10O4-2. The summed E-state index contributed by atoms with van der Waals surface area (Å²) in [5, 5.41) is 41.1. The van der Waals surface area contributed by atoms with E-state index >= 15 is 0 Å². The molecule has 0 spiro atoms. The normalized spacial score (nSPS) is 21.8. The molecule has 0 aliphatic carbocycles. The van der Waals surface area contributed by atoms with E-state index in [4.69, 9.17) is 4.98 Å². The van der Waals surface area contributed by atoms with Crippen molar-refractivity contribution in [2.45, 2.75) is 37.8 Å². The maximum atomic E-state index is 10.3. The second-order valence-corrected chi connectivity index (χ2v) is 12.3. The first-order chi connectivity index (χ1) is 22.1. The number of aromatic amines is 1. The molecule has 2 aromatic heterocycles. The molecule has 2 aromatic rings. The van der Waals surface area contributed by atoms with E-state index in [-0.39, 0.29) is 70.9 Å². The van der Waals surface area contributed by atoms with Crippen LogP contribution in [0.2, 0.25) is 0 Å². The molecular weight excluding hydrogens is 804 g/mol. The van der Waals surface area contributed by atoms with Crippen LogP contribution in [0.5, 0.6) is 0 Å². The number of fused-ring (bicyclic) bond motifs is 12. The van der Waals surface area contributed by atoms with Gasteiger partial charge < -0.3 is 59.6 Å². The van der Waals surface area contributed by atoms with E-state index in [1.54, 1.807) is 19.6 Å². The molecule has 0 saturated carbocycles. The van der Waals surface area contributed by atoms with Crippen LogP contribution in [0.4, 0.5) is 0 Å². The third kappa shape index (κ3) is 9.57. The Labute approximate surface area is 312 Å². The molecule has 0 atom stereocenters. The van der Waals surface area contributed by atoms with Crippen LogP contribution < -0.4 is 4.98 Å². The smallest absolute Gasteiger partial charge is 0.504 e. The Hall–Kier alpha value is -3.02. The van der Waals surface area contributed by atoms with Crippen molar-refractivity contribution < 1.29 is 70.2 Å². The van der Waals surface area contributed by atoms with Gasteiger partial charge in [0.15, 0.2) is 23.0 Å². The minimum atomic E-state index is -1.82. The van der Waals surface area contributed by atoms with E-state index in [1.807, 2.05) is 114 Å². The summed E-state index contributed by atoms with van der Waals surface area (Å²) in [5.74, 6) is -3.62. The Morgan fingerprint density at radius 1 is 0.500 bits per heavy atom. The Morgan fingerprint density at radius 2 is 0.812 bits per heavy atom. The van der Waals surface area contributed by atoms with Crippen molar-refractivity contribution in [1.29, 1.82) is 0 Å². The first-order valence-corrected chi connectivity index (χ1v) is 15.2. The molecule has 0 saturated heterocycles. The van der Waals surface area contributed by atoms with Gasteiger partial charge in [-0.1, -0.05) is 6.07 Å². The molecule has 1 radical (unpaired) electrons. The summed E-state index contributed by atoms with van der Waals surface area (Å²) in [7, 11) is 0. The molecule has 265 valence electrons. The van der Waals surface area contributed by atoms with Crippen LogP contribution in [-0.4, -0.2) is 102 Å². The van der Waals surface area contributed by atoms with E-state index in [0.29, 0.717) is 26.2 Å². The molecule has 8 heterocycles. The number of H-pyrrole nitrogens is 1. The summed E-state index contributed by atoms with van der Waals surface area (Å²) in [6, 6.07) is 12.2. The molecule has 0 amide bonds. The average Bonchev–Trinajstić information content (AvgIpc) is 3.79. The molecule has 0 unspecified atom stereocenters. The van der Waals surface area contributed by atoms with E-state index in [0.717, 1.165) is 22.8 Å². The van der Waals surface area contributed by atoms with Crippen LogP contribution in [0.3, 0.4) is 0 Å². The predicted molar refractivity (Wildman–Crippen MR) is 164 cm³/mol. The molecule has 14 nitrogen and oxygen atoms in total. The molecule has 0 fully saturated rings. The number of hydrogen-bond acceptors (Lipinski definition) is 13. The number of nitrogens with zero attached hydrogens (tertiary/aromatic N) is 9. The zero-order valence-corrected chi connectivity index (χ0v) is 28.9. The van der Waals surface area contributed by atoms with Crippen molar-refractivity contribution in [2.24, 2.45) is 0 Å². The van der Waals surface area contributed by atoms with Crippen molar-refractivity contribution in [2.75, 3.05) is 26.2 Å². The molecule has 6 aliphatic rings. The number of pyridine rings is 2. The summed E-state index contributed by atoms with van der Waals surface area (Å²) < 4.78 is 0. The average molecular weight is 843 g/mol. The van der Waals surface area contributed by atoms with Crippen molar-refractivity contribution in [3.8, 4) is 0 Å². The Balaban J connectivity index is 0.000000180. The third-order valence-electron chi connectivity index (χ3n) is 7.90. The molecule has 0 aromatic carbocycles. The summed E-state index contributed by atoms with van der Waals surface area (Å²) in [4.78, 5) is 23.2. The van der Waals surface area contributed by atoms with Gasteiger partial charge in [0, 0.05) is 73.8 Å². The zero-order chi connectivity index (χ0) is 31.7. The predicted octanol–water partition coefficient (Wildman–Crippen LogP) is -0.201. The van der Waals surface area contributed by atoms with Crippen LogP contribution in [0, 0.1) is 26.7 Å². The maximum absolute atomic E-state index is 10.3. The fourth-order valence-electron chi connectivity index (χ4n) is 6.00. The van der Waals surface area contributed by atoms with Crippen molar-refractivity contribution in [3.05, 3.63) is 135 Å². The van der Waals surface area contributed by atoms with Gasteiger partial charge in [-0.05, 0) is 67.8 Å². The summed E-state index contributed by atoms with van der Waals surface area (Å²) in [6.45, 7) is 10.6. The molecule has 5 N–H and O–H groups in total. The first-order valence-electron chi connectivity index (χ1n) is 15.2. The summed E-state index contributed by atoms with van der Waals surface area (Å²) in [5.41, 5.74) is 4.14. The molecule has 12 bridgehead atoms. The molecule has 16 heteroatoms. The van der Waals surface area contributed by atoms with Gasteiger partial charge in [-0.15, -0.1) is 0 Å². The monoisotopic (exact) mass is 841 g/mol. The van der Waals surface area contributed by atoms with Crippen LogP contribution in [0.25, 0.3) is 0 Å². The SMILES string of the molecule is OC1(O)CN2C=CN([CH-]2)Cc2cccc([nH+]2)CN2C=CN([CH-]2)C1.OC1(O)CN2C=CN([CH-]2)Cc2cccc(n2)CN2C=CN([CH-]2)C1.[Ag+].[Ag]. The van der Waals surface area contributed by atoms with Gasteiger partial charge in [0.05, 0.1) is 24.5 Å². The number of rotatable bonds is 0. The Bertz CT molecular complexity index is 1320. The van der Waals surface area contributed by atoms with Crippen LogP contribution in [-0.2, 0) is 70.9 Å². The third-order valence-corrected chi connectivity index (χ3v) is 7.90. The van der Waals surface area contributed by atoms with Gasteiger partial charge in [-0.3, -0.25) is 4.98 Å². The molecule has 48 heavy (non-hydrogen) atoms. The van der Waals surface area contributed by atoms with Gasteiger partial charge in [-0.25, -0.2) is 4.98 Å². The van der Waals surface area contributed by atoms with E-state index < -0.39 is 11.6 Å². The summed E-state index contributed by atoms with van der Waals surface area (Å²) >= 11 is 0. The van der Waals surface area contributed by atoms with E-state index in [9.17, 15) is 20.4 Å². The minimum absolute atomic E-state index is 0. The van der Waals surface area contributed by atoms with Gasteiger partial charge in [0.25, 0.3) is 0 Å². The molecule has 6 aliphatic heterocycles. The summed E-state index contributed by atoms with van der Waals surface area (Å²) in [6.07, 6.45) is 15.0. The van der Waals surface area contributed by atoms with Crippen LogP contribution in [0.15, 0.2) is 86.0 Å². The standard InChI is InChI=1S/2C16H19N5O2.2Ag/c2*22-16(23)10-20-6-4-18(12-20)8-14-2-1-3-15(17-14)9-19-5-7-21(11-16)13-19;;/h2*1-7,12-13,22-23H,8-11H2;;/q2*-2;;+1/p+1. The Morgan fingerprint density at radius 3 is 1.19 bits per heavy atom. The fraction of sp³-hybridized carbons (Fsp3) is 0.312. The van der Waals surface area contributed by atoms with Crippen LogP contribution in [0.1, 0.15) is 22.8 Å². The topological polar surface area (TPSA) is 134 Å². The maximum Gasteiger partial charge on any atom is 1.00 e. The Kier molecular flexibility index (Phi) is 11.5. The van der Waals surface area contributed by atoms with Crippen molar-refractivity contribution in [1.82, 2.24) is 44.2 Å². The number of nitrogens with one attached hydrogen (secondary N) is 1. The number of hydrogen-bond donors (Lipinski definition) is 4. The number of aliphatic hydroxyl groups is 4. The second kappa shape index (κ2) is 15.3. The molecule has 8 rings (SSSR count). The van der Waals surface area contributed by atoms with Gasteiger partial charge in [0.1, 0.15) is 0 Å². The fourth-order valence-corrected chi connectivity index (χ4v) is 6.00. The van der Waals surface area contributed by atoms with Gasteiger partial charge >= 0.3 is 22.4 Å². The minimum Gasteiger partial charge on any atom is -0.504 e.